The first-order chi connectivity index (χ1) is 12.3. The molecule has 2 aromatic rings. The summed E-state index contributed by atoms with van der Waals surface area (Å²) in [7, 11) is -2.08. The lowest BCUT2D eigenvalue weighted by atomic mass is 10.1. The summed E-state index contributed by atoms with van der Waals surface area (Å²) in [6.07, 6.45) is 1.63. The fourth-order valence-electron chi connectivity index (χ4n) is 3.16. The van der Waals surface area contributed by atoms with Gasteiger partial charge in [0.2, 0.25) is 0 Å². The van der Waals surface area contributed by atoms with Gasteiger partial charge >= 0.3 is 0 Å². The van der Waals surface area contributed by atoms with Crippen LogP contribution in [-0.2, 0) is 16.9 Å². The quantitative estimate of drug-likeness (QED) is 0.794. The van der Waals surface area contributed by atoms with Crippen molar-refractivity contribution < 1.29 is 17.6 Å². The molecule has 1 aromatic heterocycles. The smallest absolute Gasteiger partial charge is 0.263 e. The van der Waals surface area contributed by atoms with Crippen LogP contribution in [0.5, 0.6) is 0 Å². The number of hydrogen-bond acceptors (Lipinski definition) is 4. The number of carbonyl (C=O) groups is 1. The van der Waals surface area contributed by atoms with Crippen molar-refractivity contribution >= 4 is 15.7 Å². The minimum Gasteiger partial charge on any atom is -0.337 e. The number of amides is 1. The molecule has 3 rings (SSSR count). The molecule has 138 valence electrons. The van der Waals surface area contributed by atoms with Crippen LogP contribution >= 0.6 is 0 Å². The summed E-state index contributed by atoms with van der Waals surface area (Å²) in [5.41, 5.74) is -0.315. The zero-order chi connectivity index (χ0) is 18.9. The Morgan fingerprint density at radius 2 is 1.88 bits per heavy atom. The van der Waals surface area contributed by atoms with Crippen LogP contribution in [0.1, 0.15) is 27.6 Å². The Morgan fingerprint density at radius 1 is 1.15 bits per heavy atom. The van der Waals surface area contributed by atoms with Crippen molar-refractivity contribution in [1.29, 1.82) is 0 Å². The van der Waals surface area contributed by atoms with Crippen molar-refractivity contribution in [3.05, 3.63) is 69.9 Å². The monoisotopic (exact) mass is 378 g/mol. The van der Waals surface area contributed by atoms with Gasteiger partial charge in [-0.3, -0.25) is 9.59 Å². The standard InChI is InChI=1S/C18H19FN2O4S/c1-20-9-4-6-14(17(20)22)18(23)21-10-8-16(26(24,25)12-11-21)13-5-2-3-7-15(13)19/h2-7,9,16H,8,10-12H2,1H3. The second kappa shape index (κ2) is 7.03. The van der Waals surface area contributed by atoms with Gasteiger partial charge in [-0.05, 0) is 24.6 Å². The van der Waals surface area contributed by atoms with Gasteiger partial charge in [0.25, 0.3) is 11.5 Å². The number of halogens is 1. The van der Waals surface area contributed by atoms with E-state index in [0.717, 1.165) is 0 Å². The van der Waals surface area contributed by atoms with Crippen LogP contribution in [-0.4, -0.2) is 42.6 Å². The van der Waals surface area contributed by atoms with Crippen molar-refractivity contribution in [3.8, 4) is 0 Å². The maximum atomic E-state index is 14.1. The number of nitrogens with zero attached hydrogens (tertiary/aromatic N) is 2. The number of pyridine rings is 1. The molecule has 1 atom stereocenters. The van der Waals surface area contributed by atoms with E-state index in [2.05, 4.69) is 0 Å². The first kappa shape index (κ1) is 18.3. The van der Waals surface area contributed by atoms with E-state index in [4.69, 9.17) is 0 Å². The molecule has 1 aromatic carbocycles. The molecule has 0 radical (unpaired) electrons. The number of sulfone groups is 1. The van der Waals surface area contributed by atoms with Crippen LogP contribution in [0.25, 0.3) is 0 Å². The van der Waals surface area contributed by atoms with Crippen LogP contribution in [0, 0.1) is 5.82 Å². The van der Waals surface area contributed by atoms with E-state index in [1.54, 1.807) is 25.4 Å². The molecular weight excluding hydrogens is 359 g/mol. The van der Waals surface area contributed by atoms with Gasteiger partial charge in [0, 0.05) is 31.9 Å². The minimum atomic E-state index is -3.62. The van der Waals surface area contributed by atoms with E-state index in [1.807, 2.05) is 0 Å². The van der Waals surface area contributed by atoms with Crippen LogP contribution in [0.3, 0.4) is 0 Å². The van der Waals surface area contributed by atoms with Crippen LogP contribution in [0.4, 0.5) is 4.39 Å². The van der Waals surface area contributed by atoms with E-state index >= 15 is 0 Å². The second-order valence-electron chi connectivity index (χ2n) is 6.30. The fraction of sp³-hybridized carbons (Fsp3) is 0.333. The largest absolute Gasteiger partial charge is 0.337 e. The minimum absolute atomic E-state index is 0.00302. The molecule has 2 heterocycles. The molecule has 1 aliphatic heterocycles. The maximum absolute atomic E-state index is 14.1. The molecule has 0 aliphatic carbocycles. The van der Waals surface area contributed by atoms with Gasteiger partial charge in [0.1, 0.15) is 11.4 Å². The number of carbonyl (C=O) groups excluding carboxylic acids is 1. The summed E-state index contributed by atoms with van der Waals surface area (Å²) in [5, 5.41) is -1.000. The molecule has 1 aliphatic rings. The van der Waals surface area contributed by atoms with Crippen molar-refractivity contribution in [2.24, 2.45) is 7.05 Å². The Bertz CT molecular complexity index is 1000. The number of rotatable bonds is 2. The van der Waals surface area contributed by atoms with Crippen molar-refractivity contribution in [1.82, 2.24) is 9.47 Å². The number of benzene rings is 1. The topological polar surface area (TPSA) is 76.5 Å². The summed E-state index contributed by atoms with van der Waals surface area (Å²) < 4.78 is 40.6. The molecule has 6 nitrogen and oxygen atoms in total. The van der Waals surface area contributed by atoms with E-state index in [1.165, 1.54) is 33.7 Å². The molecule has 8 heteroatoms. The van der Waals surface area contributed by atoms with Crippen molar-refractivity contribution in [2.75, 3.05) is 18.8 Å². The maximum Gasteiger partial charge on any atom is 0.263 e. The molecule has 0 bridgehead atoms. The Labute approximate surface area is 150 Å². The molecule has 0 spiro atoms. The Hall–Kier alpha value is -2.48. The van der Waals surface area contributed by atoms with Gasteiger partial charge < -0.3 is 9.47 Å². The van der Waals surface area contributed by atoms with E-state index in [9.17, 15) is 22.4 Å². The third kappa shape index (κ3) is 3.41. The van der Waals surface area contributed by atoms with Gasteiger partial charge in [0.15, 0.2) is 9.84 Å². The van der Waals surface area contributed by atoms with E-state index in [-0.39, 0.29) is 36.4 Å². The average Bonchev–Trinajstić information content (AvgIpc) is 2.76. The Morgan fingerprint density at radius 3 is 2.62 bits per heavy atom. The summed E-state index contributed by atoms with van der Waals surface area (Å²) in [5.74, 6) is -1.35. The van der Waals surface area contributed by atoms with E-state index < -0.39 is 32.4 Å². The predicted octanol–water partition coefficient (Wildman–Crippen LogP) is 1.53. The normalized spacial score (nSPS) is 19.8. The molecule has 1 fully saturated rings. The van der Waals surface area contributed by atoms with Crippen LogP contribution in [0.2, 0.25) is 0 Å². The van der Waals surface area contributed by atoms with E-state index in [0.29, 0.717) is 0 Å². The molecule has 0 saturated carbocycles. The summed E-state index contributed by atoms with van der Waals surface area (Å²) in [6.45, 7) is 0.110. The van der Waals surface area contributed by atoms with Gasteiger partial charge in [-0.25, -0.2) is 12.8 Å². The summed E-state index contributed by atoms with van der Waals surface area (Å²) in [4.78, 5) is 26.2. The molecular formula is C18H19FN2O4S. The summed E-state index contributed by atoms with van der Waals surface area (Å²) >= 11 is 0. The third-order valence-corrected chi connectivity index (χ3v) is 6.74. The molecule has 1 amide bonds. The second-order valence-corrected chi connectivity index (χ2v) is 8.60. The lowest BCUT2D eigenvalue weighted by Gasteiger charge is -2.20. The summed E-state index contributed by atoms with van der Waals surface area (Å²) in [6, 6.07) is 8.80. The highest BCUT2D eigenvalue weighted by atomic mass is 32.2. The van der Waals surface area contributed by atoms with Gasteiger partial charge in [0.05, 0.1) is 11.0 Å². The van der Waals surface area contributed by atoms with Crippen molar-refractivity contribution in [2.45, 2.75) is 11.7 Å². The SMILES string of the molecule is Cn1cccc(C(=O)N2CCC(c3ccccc3F)S(=O)(=O)CC2)c1=O. The van der Waals surface area contributed by atoms with Crippen LogP contribution < -0.4 is 5.56 Å². The molecule has 26 heavy (non-hydrogen) atoms. The number of hydrogen-bond donors (Lipinski definition) is 0. The predicted molar refractivity (Wildman–Crippen MR) is 95.1 cm³/mol. The Kier molecular flexibility index (Phi) is 4.95. The Balaban J connectivity index is 1.89. The zero-order valence-electron chi connectivity index (χ0n) is 14.3. The average molecular weight is 378 g/mol. The highest BCUT2D eigenvalue weighted by Gasteiger charge is 2.34. The van der Waals surface area contributed by atoms with Gasteiger partial charge in [-0.2, -0.15) is 0 Å². The fourth-order valence-corrected chi connectivity index (χ4v) is 4.96. The molecule has 1 saturated heterocycles. The zero-order valence-corrected chi connectivity index (χ0v) is 15.1. The first-order valence-corrected chi connectivity index (χ1v) is 9.94. The lowest BCUT2D eigenvalue weighted by molar-refractivity contribution is 0.0764. The number of aryl methyl sites for hydroxylation is 1. The van der Waals surface area contributed by atoms with Crippen molar-refractivity contribution in [3.63, 3.8) is 0 Å². The van der Waals surface area contributed by atoms with Gasteiger partial charge in [-0.1, -0.05) is 18.2 Å². The first-order valence-electron chi connectivity index (χ1n) is 8.22. The third-order valence-electron chi connectivity index (χ3n) is 4.63. The number of aromatic nitrogens is 1. The van der Waals surface area contributed by atoms with Gasteiger partial charge in [-0.15, -0.1) is 0 Å². The lowest BCUT2D eigenvalue weighted by Crippen LogP contribution is -2.37. The highest BCUT2D eigenvalue weighted by molar-refractivity contribution is 7.91. The molecule has 1 unspecified atom stereocenters. The highest BCUT2D eigenvalue weighted by Crippen LogP contribution is 2.31. The van der Waals surface area contributed by atoms with Crippen LogP contribution in [0.15, 0.2) is 47.4 Å². The molecule has 0 N–H and O–H groups in total.